The second kappa shape index (κ2) is 9.35. The number of rotatable bonds is 6. The van der Waals surface area contributed by atoms with E-state index in [0.717, 1.165) is 15.9 Å². The number of nitrogens with one attached hydrogen (secondary N) is 2. The molecule has 0 saturated carbocycles. The lowest BCUT2D eigenvalue weighted by Crippen LogP contribution is -2.24. The van der Waals surface area contributed by atoms with Crippen LogP contribution in [0.1, 0.15) is 27.0 Å². The zero-order valence-corrected chi connectivity index (χ0v) is 19.2. The topological polar surface area (TPSA) is 133 Å². The third-order valence-electron chi connectivity index (χ3n) is 4.46. The SMILES string of the molecule is Cc1c(/C=N\NC(=O)c2ccccc2NS(=O)(=O)c2cccs2)c(Cl)n(C)c(=O)c1C#N. The fourth-order valence-corrected chi connectivity index (χ4v) is 5.11. The van der Waals surface area contributed by atoms with E-state index in [0.29, 0.717) is 5.56 Å². The molecule has 3 aromatic rings. The van der Waals surface area contributed by atoms with Gasteiger partial charge in [-0.15, -0.1) is 11.3 Å². The Labute approximate surface area is 192 Å². The van der Waals surface area contributed by atoms with E-state index in [1.54, 1.807) is 30.5 Å². The fourth-order valence-electron chi connectivity index (χ4n) is 2.77. The van der Waals surface area contributed by atoms with Crippen LogP contribution in [0.5, 0.6) is 0 Å². The molecular formula is C20H16ClN5O4S2. The van der Waals surface area contributed by atoms with Crippen molar-refractivity contribution in [1.29, 1.82) is 5.26 Å². The molecule has 2 N–H and O–H groups in total. The number of aromatic nitrogens is 1. The Bertz CT molecular complexity index is 1420. The molecule has 0 aliphatic heterocycles. The minimum atomic E-state index is -3.85. The van der Waals surface area contributed by atoms with Crippen molar-refractivity contribution in [2.24, 2.45) is 12.1 Å². The summed E-state index contributed by atoms with van der Waals surface area (Å²) >= 11 is 7.23. The molecule has 1 amide bonds. The molecule has 0 atom stereocenters. The first kappa shape index (κ1) is 23.2. The van der Waals surface area contributed by atoms with Crippen molar-refractivity contribution in [3.8, 4) is 6.07 Å². The monoisotopic (exact) mass is 489 g/mol. The number of carbonyl (C=O) groups is 1. The van der Waals surface area contributed by atoms with Crippen LogP contribution in [-0.2, 0) is 17.1 Å². The summed E-state index contributed by atoms with van der Waals surface area (Å²) in [5, 5.41) is 14.8. The van der Waals surface area contributed by atoms with Gasteiger partial charge in [0.05, 0.1) is 17.5 Å². The predicted molar refractivity (Wildman–Crippen MR) is 123 cm³/mol. The first-order valence-electron chi connectivity index (χ1n) is 8.95. The smallest absolute Gasteiger partial charge is 0.273 e. The Morgan fingerprint density at radius 3 is 2.66 bits per heavy atom. The molecule has 0 radical (unpaired) electrons. The summed E-state index contributed by atoms with van der Waals surface area (Å²) in [6, 6.07) is 11.0. The molecule has 12 heteroatoms. The van der Waals surface area contributed by atoms with E-state index >= 15 is 0 Å². The minimum Gasteiger partial charge on any atom is -0.301 e. The van der Waals surface area contributed by atoms with Crippen LogP contribution in [0.15, 0.2) is 55.9 Å². The van der Waals surface area contributed by atoms with Crippen LogP contribution in [0.25, 0.3) is 0 Å². The largest absolute Gasteiger partial charge is 0.301 e. The number of hydrogen-bond donors (Lipinski definition) is 2. The molecule has 164 valence electrons. The number of pyridine rings is 1. The van der Waals surface area contributed by atoms with Gasteiger partial charge >= 0.3 is 0 Å². The molecule has 2 heterocycles. The van der Waals surface area contributed by atoms with E-state index in [2.05, 4.69) is 15.2 Å². The Balaban J connectivity index is 1.86. The van der Waals surface area contributed by atoms with Crippen LogP contribution in [0.4, 0.5) is 5.69 Å². The molecule has 0 aliphatic carbocycles. The van der Waals surface area contributed by atoms with Crippen molar-refractivity contribution in [2.75, 3.05) is 4.72 Å². The second-order valence-electron chi connectivity index (χ2n) is 6.46. The molecule has 0 saturated heterocycles. The van der Waals surface area contributed by atoms with Gasteiger partial charge in [0.2, 0.25) is 0 Å². The zero-order chi connectivity index (χ0) is 23.5. The van der Waals surface area contributed by atoms with Crippen LogP contribution >= 0.6 is 22.9 Å². The van der Waals surface area contributed by atoms with E-state index in [1.807, 2.05) is 6.07 Å². The van der Waals surface area contributed by atoms with Crippen molar-refractivity contribution in [2.45, 2.75) is 11.1 Å². The average molecular weight is 490 g/mol. The number of nitrogens with zero attached hydrogens (tertiary/aromatic N) is 3. The van der Waals surface area contributed by atoms with E-state index in [4.69, 9.17) is 11.6 Å². The van der Waals surface area contributed by atoms with Gasteiger partial charge in [-0.05, 0) is 36.1 Å². The molecule has 0 unspecified atom stereocenters. The average Bonchev–Trinajstić information content (AvgIpc) is 3.31. The summed E-state index contributed by atoms with van der Waals surface area (Å²) in [4.78, 5) is 24.7. The van der Waals surface area contributed by atoms with Crippen molar-refractivity contribution in [3.63, 3.8) is 0 Å². The quantitative estimate of drug-likeness (QED) is 0.312. The summed E-state index contributed by atoms with van der Waals surface area (Å²) in [7, 11) is -2.43. The number of sulfonamides is 1. The van der Waals surface area contributed by atoms with Crippen molar-refractivity contribution in [3.05, 3.63) is 79.5 Å². The standard InChI is InChI=1S/C20H16ClN5O4S2/c1-12-14(10-22)20(28)26(2)18(21)15(12)11-23-24-19(27)13-6-3-4-7-16(13)25-32(29,30)17-8-5-9-31-17/h3-9,11,25H,1-2H3,(H,24,27)/b23-11-. The van der Waals surface area contributed by atoms with Gasteiger partial charge in [-0.3, -0.25) is 14.3 Å². The first-order chi connectivity index (χ1) is 15.2. The number of amides is 1. The number of para-hydroxylation sites is 1. The third-order valence-corrected chi connectivity index (χ3v) is 7.68. The van der Waals surface area contributed by atoms with Gasteiger partial charge in [-0.25, -0.2) is 13.8 Å². The van der Waals surface area contributed by atoms with Crippen molar-refractivity contribution >= 4 is 50.8 Å². The maximum atomic E-state index is 12.6. The lowest BCUT2D eigenvalue weighted by atomic mass is 10.1. The fraction of sp³-hybridized carbons (Fsp3) is 0.100. The number of hydrazone groups is 1. The molecule has 3 rings (SSSR count). The molecule has 32 heavy (non-hydrogen) atoms. The number of benzene rings is 1. The van der Waals surface area contributed by atoms with E-state index in [1.165, 1.54) is 31.5 Å². The van der Waals surface area contributed by atoms with Crippen LogP contribution in [-0.4, -0.2) is 25.1 Å². The molecule has 0 bridgehead atoms. The maximum absolute atomic E-state index is 12.6. The van der Waals surface area contributed by atoms with Gasteiger partial charge in [0.1, 0.15) is 21.0 Å². The predicted octanol–water partition coefficient (Wildman–Crippen LogP) is 2.85. The first-order valence-corrected chi connectivity index (χ1v) is 11.7. The Hall–Kier alpha value is -3.46. The minimum absolute atomic E-state index is 0.0470. The van der Waals surface area contributed by atoms with Crippen LogP contribution in [0.3, 0.4) is 0 Å². The summed E-state index contributed by atoms with van der Waals surface area (Å²) in [5.41, 5.74) is 2.42. The van der Waals surface area contributed by atoms with E-state index in [9.17, 15) is 23.3 Å². The van der Waals surface area contributed by atoms with Crippen LogP contribution < -0.4 is 15.7 Å². The lowest BCUT2D eigenvalue weighted by molar-refractivity contribution is 0.0956. The number of carbonyl (C=O) groups excluding carboxylic acids is 1. The number of anilines is 1. The van der Waals surface area contributed by atoms with Gasteiger partial charge < -0.3 is 4.57 Å². The van der Waals surface area contributed by atoms with Gasteiger partial charge in [-0.2, -0.15) is 10.4 Å². The number of halogens is 1. The molecule has 0 aliphatic rings. The number of hydrogen-bond acceptors (Lipinski definition) is 7. The molecule has 0 spiro atoms. The van der Waals surface area contributed by atoms with E-state index in [-0.39, 0.29) is 31.7 Å². The van der Waals surface area contributed by atoms with Gasteiger partial charge in [0.25, 0.3) is 21.5 Å². The second-order valence-corrected chi connectivity index (χ2v) is 9.68. The Morgan fingerprint density at radius 1 is 1.28 bits per heavy atom. The molecule has 1 aromatic carbocycles. The van der Waals surface area contributed by atoms with Crippen LogP contribution in [0.2, 0.25) is 5.15 Å². The highest BCUT2D eigenvalue weighted by molar-refractivity contribution is 7.94. The van der Waals surface area contributed by atoms with Gasteiger partial charge in [0, 0.05) is 12.6 Å². The highest BCUT2D eigenvalue weighted by Crippen LogP contribution is 2.23. The lowest BCUT2D eigenvalue weighted by Gasteiger charge is -2.11. The van der Waals surface area contributed by atoms with Crippen molar-refractivity contribution in [1.82, 2.24) is 9.99 Å². The molecule has 9 nitrogen and oxygen atoms in total. The van der Waals surface area contributed by atoms with E-state index < -0.39 is 21.5 Å². The number of nitriles is 1. The molecular weight excluding hydrogens is 474 g/mol. The zero-order valence-electron chi connectivity index (χ0n) is 16.8. The molecule has 2 aromatic heterocycles. The summed E-state index contributed by atoms with van der Waals surface area (Å²) in [6.45, 7) is 1.55. The summed E-state index contributed by atoms with van der Waals surface area (Å²) < 4.78 is 28.6. The van der Waals surface area contributed by atoms with Gasteiger partial charge in [-0.1, -0.05) is 29.8 Å². The summed E-state index contributed by atoms with van der Waals surface area (Å²) in [6.07, 6.45) is 1.22. The molecule has 0 fully saturated rings. The Morgan fingerprint density at radius 2 is 2.00 bits per heavy atom. The van der Waals surface area contributed by atoms with Gasteiger partial charge in [0.15, 0.2) is 0 Å². The van der Waals surface area contributed by atoms with Crippen LogP contribution in [0, 0.1) is 18.3 Å². The Kier molecular flexibility index (Phi) is 6.78. The maximum Gasteiger partial charge on any atom is 0.273 e. The summed E-state index contributed by atoms with van der Waals surface area (Å²) in [5.74, 6) is -0.676. The third kappa shape index (κ3) is 4.57. The number of thiophene rings is 1. The normalized spacial score (nSPS) is 11.3. The highest BCUT2D eigenvalue weighted by Gasteiger charge is 2.19. The van der Waals surface area contributed by atoms with Crippen molar-refractivity contribution < 1.29 is 13.2 Å². The highest BCUT2D eigenvalue weighted by atomic mass is 35.5.